The van der Waals surface area contributed by atoms with Crippen LogP contribution in [0.4, 0.5) is 0 Å². The van der Waals surface area contributed by atoms with Crippen LogP contribution >= 0.6 is 0 Å². The van der Waals surface area contributed by atoms with Crippen LogP contribution in [0.25, 0.3) is 6.08 Å². The van der Waals surface area contributed by atoms with Crippen LogP contribution in [0.5, 0.6) is 0 Å². The second-order valence-electron chi connectivity index (χ2n) is 14.4. The van der Waals surface area contributed by atoms with Gasteiger partial charge in [-0.15, -0.1) is 0 Å². The van der Waals surface area contributed by atoms with Gasteiger partial charge in [0.25, 0.3) is 0 Å². The van der Waals surface area contributed by atoms with Crippen molar-refractivity contribution in [3.8, 4) is 0 Å². The number of aliphatic hydroxyl groups is 2. The van der Waals surface area contributed by atoms with E-state index in [9.17, 15) is 29.1 Å². The van der Waals surface area contributed by atoms with E-state index in [2.05, 4.69) is 10.6 Å². The van der Waals surface area contributed by atoms with E-state index in [1.165, 1.54) is 19.1 Å². The number of aliphatic hydroxyl groups excluding tert-OH is 2. The first kappa shape index (κ1) is 35.7. The Hall–Kier alpha value is -4.11. The summed E-state index contributed by atoms with van der Waals surface area (Å²) in [4.78, 5) is 64.3. The number of hydrogen-bond donors (Lipinski definition) is 4. The van der Waals surface area contributed by atoms with E-state index in [4.69, 9.17) is 28.8 Å². The number of benzene rings is 1. The van der Waals surface area contributed by atoms with Crippen molar-refractivity contribution in [3.63, 3.8) is 0 Å². The number of rotatable bonds is 13. The SMILES string of the molecule is CC(O)C(NC(=O)C1=CC2OC(C3CC3)(C3CC3)OC2C(OC(=O)c2cccc(C=CC(=O)OC3C(=O)OCC3(C)C)c2)C1)C(=O)NCCO. The van der Waals surface area contributed by atoms with Gasteiger partial charge in [-0.2, -0.15) is 0 Å². The van der Waals surface area contributed by atoms with Crippen molar-refractivity contribution >= 4 is 35.8 Å². The fourth-order valence-electron chi connectivity index (χ4n) is 6.73. The van der Waals surface area contributed by atoms with Crippen molar-refractivity contribution in [2.75, 3.05) is 19.8 Å². The predicted octanol–water partition coefficient (Wildman–Crippen LogP) is 1.32. The van der Waals surface area contributed by atoms with Gasteiger partial charge in [0.05, 0.1) is 18.3 Å². The molecule has 6 unspecified atom stereocenters. The van der Waals surface area contributed by atoms with Crippen LogP contribution in [0.15, 0.2) is 42.0 Å². The molecule has 2 aliphatic heterocycles. The smallest absolute Gasteiger partial charge is 0.348 e. The molecule has 6 atom stereocenters. The minimum absolute atomic E-state index is 0.0380. The van der Waals surface area contributed by atoms with Gasteiger partial charge in [-0.1, -0.05) is 26.0 Å². The molecule has 3 aliphatic carbocycles. The molecule has 1 aromatic carbocycles. The van der Waals surface area contributed by atoms with Crippen molar-refractivity contribution in [2.24, 2.45) is 17.3 Å². The number of carbonyl (C=O) groups is 5. The Labute approximate surface area is 289 Å². The molecule has 1 aromatic rings. The lowest BCUT2D eigenvalue weighted by molar-refractivity contribution is -0.209. The summed E-state index contributed by atoms with van der Waals surface area (Å²) in [5.41, 5.74) is 0.233. The minimum Gasteiger partial charge on any atom is -0.462 e. The van der Waals surface area contributed by atoms with Gasteiger partial charge in [0.15, 0.2) is 5.79 Å². The molecule has 50 heavy (non-hydrogen) atoms. The number of carbonyl (C=O) groups excluding carboxylic acids is 5. The molecule has 0 spiro atoms. The highest BCUT2D eigenvalue weighted by Gasteiger charge is 2.64. The first-order chi connectivity index (χ1) is 23.8. The predicted molar refractivity (Wildman–Crippen MR) is 174 cm³/mol. The summed E-state index contributed by atoms with van der Waals surface area (Å²) in [6, 6.07) is 5.10. The molecule has 14 nitrogen and oxygen atoms in total. The number of fused-ring (bicyclic) bond motifs is 1. The monoisotopic (exact) mass is 696 g/mol. The zero-order chi connectivity index (χ0) is 35.8. The summed E-state index contributed by atoms with van der Waals surface area (Å²) in [6.45, 7) is 4.69. The van der Waals surface area contributed by atoms with Crippen LogP contribution in [0.3, 0.4) is 0 Å². The summed E-state index contributed by atoms with van der Waals surface area (Å²) in [7, 11) is 0. The molecular weight excluding hydrogens is 652 g/mol. The Bertz CT molecular complexity index is 1560. The maximum atomic E-state index is 13.6. The lowest BCUT2D eigenvalue weighted by atomic mass is 9.90. The quantitative estimate of drug-likeness (QED) is 0.131. The number of cyclic esters (lactones) is 1. The third-order valence-electron chi connectivity index (χ3n) is 9.70. The summed E-state index contributed by atoms with van der Waals surface area (Å²) >= 11 is 0. The van der Waals surface area contributed by atoms with E-state index in [0.717, 1.165) is 31.8 Å². The second kappa shape index (κ2) is 14.3. The third kappa shape index (κ3) is 7.63. The van der Waals surface area contributed by atoms with Crippen LogP contribution in [0, 0.1) is 17.3 Å². The standard InChI is InChI=1S/C36H44N2O12/c1-19(40)28(32(43)37-13-14-39)38-31(42)22-16-25(29-26(17-22)49-36(50-29,23-8-9-23)24-10-11-24)47-33(44)21-6-4-5-20(15-21)7-12-27(41)48-30-34(45)46-18-35(30,2)3/h4-7,12,15,17,19,23-26,28-30,39-40H,8-11,13-14,16,18H2,1-3H3,(H,37,43)(H,38,42). The minimum atomic E-state index is -1.29. The van der Waals surface area contributed by atoms with Crippen LogP contribution in [0.2, 0.25) is 0 Å². The molecule has 2 saturated carbocycles. The number of ether oxygens (including phenoxy) is 5. The van der Waals surface area contributed by atoms with E-state index in [1.807, 2.05) is 0 Å². The van der Waals surface area contributed by atoms with Gasteiger partial charge < -0.3 is 44.5 Å². The highest BCUT2D eigenvalue weighted by atomic mass is 16.8. The Morgan fingerprint density at radius 3 is 2.42 bits per heavy atom. The third-order valence-corrected chi connectivity index (χ3v) is 9.70. The average Bonchev–Trinajstić information content (AvgIpc) is 4.03. The van der Waals surface area contributed by atoms with Gasteiger partial charge in [0.1, 0.15) is 31.0 Å². The maximum Gasteiger partial charge on any atom is 0.348 e. The normalized spacial score (nSPS) is 27.8. The summed E-state index contributed by atoms with van der Waals surface area (Å²) in [5.74, 6) is -3.73. The van der Waals surface area contributed by atoms with Gasteiger partial charge >= 0.3 is 17.9 Å². The van der Waals surface area contributed by atoms with Gasteiger partial charge in [0, 0.05) is 41.9 Å². The largest absolute Gasteiger partial charge is 0.462 e. The molecule has 5 aliphatic rings. The van der Waals surface area contributed by atoms with Gasteiger partial charge in [-0.3, -0.25) is 9.59 Å². The van der Waals surface area contributed by atoms with E-state index >= 15 is 0 Å². The topological polar surface area (TPSA) is 196 Å². The molecule has 0 bridgehead atoms. The fraction of sp³-hybridized carbons (Fsp3) is 0.583. The zero-order valence-electron chi connectivity index (χ0n) is 28.3. The first-order valence-electron chi connectivity index (χ1n) is 17.1. The molecule has 4 fully saturated rings. The molecular formula is C36H44N2O12. The molecule has 2 saturated heterocycles. The Morgan fingerprint density at radius 2 is 1.80 bits per heavy atom. The molecule has 6 rings (SSSR count). The summed E-state index contributed by atoms with van der Waals surface area (Å²) in [6.07, 6.45) is 3.48. The van der Waals surface area contributed by atoms with Crippen molar-refractivity contribution < 1.29 is 57.9 Å². The highest BCUT2D eigenvalue weighted by Crippen LogP contribution is 2.59. The molecule has 4 N–H and O–H groups in total. The first-order valence-corrected chi connectivity index (χ1v) is 17.1. The van der Waals surface area contributed by atoms with Crippen LogP contribution in [-0.4, -0.2) is 102 Å². The molecule has 0 radical (unpaired) electrons. The Kier molecular flexibility index (Phi) is 10.2. The van der Waals surface area contributed by atoms with Crippen molar-refractivity contribution in [1.82, 2.24) is 10.6 Å². The summed E-state index contributed by atoms with van der Waals surface area (Å²) < 4.78 is 29.6. The Balaban J connectivity index is 1.17. The number of esters is 3. The van der Waals surface area contributed by atoms with Gasteiger partial charge in [0.2, 0.25) is 17.9 Å². The Morgan fingerprint density at radius 1 is 1.08 bits per heavy atom. The molecule has 270 valence electrons. The zero-order valence-corrected chi connectivity index (χ0v) is 28.3. The van der Waals surface area contributed by atoms with Gasteiger partial charge in [-0.05, 0) is 62.5 Å². The molecule has 14 heteroatoms. The van der Waals surface area contributed by atoms with E-state index in [-0.39, 0.29) is 49.2 Å². The van der Waals surface area contributed by atoms with Gasteiger partial charge in [-0.25, -0.2) is 14.4 Å². The number of nitrogens with one attached hydrogen (secondary N) is 2. The average molecular weight is 697 g/mol. The number of hydrogen-bond acceptors (Lipinski definition) is 12. The second-order valence-corrected chi connectivity index (χ2v) is 14.4. The molecule has 2 amide bonds. The summed E-state index contributed by atoms with van der Waals surface area (Å²) in [5, 5.41) is 24.4. The van der Waals surface area contributed by atoms with Crippen molar-refractivity contribution in [1.29, 1.82) is 0 Å². The number of amides is 2. The maximum absolute atomic E-state index is 13.6. The lowest BCUT2D eigenvalue weighted by Crippen LogP contribution is -2.54. The van der Waals surface area contributed by atoms with Crippen molar-refractivity contribution in [3.05, 3.63) is 53.1 Å². The van der Waals surface area contributed by atoms with Crippen molar-refractivity contribution in [2.45, 2.75) is 95.2 Å². The van der Waals surface area contributed by atoms with Crippen LogP contribution in [0.1, 0.15) is 68.8 Å². The fourth-order valence-corrected chi connectivity index (χ4v) is 6.73. The molecule has 0 aromatic heterocycles. The van der Waals surface area contributed by atoms with E-state index in [0.29, 0.717) is 5.56 Å². The van der Waals surface area contributed by atoms with E-state index < -0.39 is 77.5 Å². The highest BCUT2D eigenvalue weighted by molar-refractivity contribution is 5.98. The van der Waals surface area contributed by atoms with E-state index in [1.54, 1.807) is 38.1 Å². The lowest BCUT2D eigenvalue weighted by Gasteiger charge is -2.31. The molecule has 2 heterocycles. The van der Waals surface area contributed by atoms with Crippen LogP contribution in [-0.2, 0) is 42.9 Å². The van der Waals surface area contributed by atoms with Crippen LogP contribution < -0.4 is 10.6 Å².